The van der Waals surface area contributed by atoms with Crippen LogP contribution in [0.25, 0.3) is 33.4 Å². The zero-order chi connectivity index (χ0) is 78.1. The molecule has 38 heteroatoms. The number of benzene rings is 10. The van der Waals surface area contributed by atoms with Crippen LogP contribution in [-0.4, -0.2) is 116 Å². The van der Waals surface area contributed by atoms with Crippen molar-refractivity contribution in [3.05, 3.63) is 283 Å². The van der Waals surface area contributed by atoms with Crippen LogP contribution in [-0.2, 0) is 0 Å². The zero-order valence-corrected chi connectivity index (χ0v) is 61.0. The van der Waals surface area contributed by atoms with Crippen molar-refractivity contribution in [2.24, 2.45) is 0 Å². The van der Waals surface area contributed by atoms with Crippen LogP contribution in [0.1, 0.15) is 41.4 Å². The Bertz CT molecular complexity index is 4890. The maximum Gasteiger partial charge on any atom is 0.488 e. The Hall–Kier alpha value is -10.8. The summed E-state index contributed by atoms with van der Waals surface area (Å²) < 4.78 is 11.2. The number of carboxylic acids is 4. The lowest BCUT2D eigenvalue weighted by atomic mass is 9.80. The van der Waals surface area contributed by atoms with Gasteiger partial charge in [-0.1, -0.05) is 119 Å². The molecule has 0 atom stereocenters. The molecule has 0 unspecified atom stereocenters. The molecule has 0 aromatic heterocycles. The summed E-state index contributed by atoms with van der Waals surface area (Å²) >= 11 is 37.6. The lowest BCUT2D eigenvalue weighted by molar-refractivity contribution is -0.386. The number of methoxy groups -OCH3 is 2. The van der Waals surface area contributed by atoms with Crippen molar-refractivity contribution < 1.29 is 99.2 Å². The van der Waals surface area contributed by atoms with Gasteiger partial charge >= 0.3 is 53.7 Å². The van der Waals surface area contributed by atoms with Crippen LogP contribution in [0.4, 0.5) is 28.4 Å². The molecular formula is C66H48BBr3Cl5N5O24. The molecule has 29 nitrogen and oxygen atoms in total. The third-order valence-corrected chi connectivity index (χ3v) is 15.9. The molecule has 12 N–H and O–H groups in total. The third kappa shape index (κ3) is 25.0. The maximum atomic E-state index is 11.1. The Labute approximate surface area is 636 Å². The first kappa shape index (κ1) is 85.6. The summed E-state index contributed by atoms with van der Waals surface area (Å²) in [5.41, 5.74) is 7.35. The van der Waals surface area contributed by atoms with Gasteiger partial charge in [0.25, 0.3) is 0 Å². The highest BCUT2D eigenvalue weighted by molar-refractivity contribution is 9.11. The third-order valence-electron chi connectivity index (χ3n) is 13.0. The molecule has 0 radical (unpaired) electrons. The highest BCUT2D eigenvalue weighted by Gasteiger charge is 2.24. The highest BCUT2D eigenvalue weighted by atomic mass is 79.9. The van der Waals surface area contributed by atoms with Gasteiger partial charge in [-0.25, -0.2) is 19.2 Å². The first-order chi connectivity index (χ1) is 48.8. The molecule has 0 amide bonds. The number of carboxylic acid groups (broad SMARTS) is 4. The normalized spacial score (nSPS) is 9.96. The van der Waals surface area contributed by atoms with Crippen molar-refractivity contribution in [1.82, 2.24) is 0 Å². The van der Waals surface area contributed by atoms with Gasteiger partial charge in [-0.15, -0.1) is 0 Å². The van der Waals surface area contributed by atoms with E-state index in [-0.39, 0.29) is 92.9 Å². The number of ether oxygens (including phenoxy) is 2. The molecule has 0 aliphatic heterocycles. The van der Waals surface area contributed by atoms with Gasteiger partial charge in [0.2, 0.25) is 23.0 Å². The molecule has 0 heterocycles. The van der Waals surface area contributed by atoms with Gasteiger partial charge in [-0.3, -0.25) is 40.5 Å². The predicted octanol–water partition coefficient (Wildman–Crippen LogP) is 16.9. The van der Waals surface area contributed by atoms with Crippen LogP contribution >= 0.6 is 106 Å². The molecule has 0 bridgehead atoms. The van der Waals surface area contributed by atoms with Crippen molar-refractivity contribution in [2.75, 3.05) is 20.0 Å². The number of nitro groups is 4. The SMILES string of the molecule is COc1c(-c2cccc(C(=O)O)c2)cc(Cl)cc1[N+](=O)[O-].COc1c(Br)cc(Cl)cc1[N+](=O)[O-].Nc1cccc(-c2cccc(C(=O)O)c2)c1O.O=C(O)c1cccc(-c2cc(Cl)cc([N+](=O)[O-])c2O)c1.O=C(O)c1cccc(B(O)O)c1.O=[N+]([O-])c1cc(Cl)cc(Br)c1O.Oc1ccc(Cl)cc1Br. The molecule has 540 valence electrons. The van der Waals surface area contributed by atoms with Crippen molar-refractivity contribution >= 4 is 171 Å². The molecule has 0 fully saturated rings. The second-order valence-corrected chi connectivity index (χ2v) is 24.6. The summed E-state index contributed by atoms with van der Waals surface area (Å²) in [5.74, 6) is -4.90. The van der Waals surface area contributed by atoms with E-state index in [2.05, 4.69) is 47.8 Å². The van der Waals surface area contributed by atoms with E-state index < -0.39 is 73.6 Å². The molecule has 0 aliphatic rings. The summed E-state index contributed by atoms with van der Waals surface area (Å²) in [7, 11) is 1.05. The average molecular weight is 1720 g/mol. The van der Waals surface area contributed by atoms with Gasteiger partial charge in [0, 0.05) is 66.1 Å². The standard InChI is InChI=1S/C14H10ClNO5.C13H8ClNO5.C13H11NO3.C7H7BO4.C7H5BrClNO3.C6H3BrClNO3.C6H4BrClO/c1-21-13-11(6-10(15)7-12(13)16(19)20)8-3-2-4-9(5-8)14(17)18;14-9-5-10(12(16)11(6-9)15(19)20)7-2-1-3-8(4-7)13(17)18;14-11-6-2-5-10(12(11)15)8-3-1-4-9(7-8)13(16)17;9-7(10)5-2-1-3-6(4-5)8(11)12;1-13-7-5(8)2-4(9)3-6(7)10(11)12;7-4-1-3(8)2-5(6(4)10)9(11)12;7-5-3-4(8)1-2-6(5)9/h2-7H,1H3,(H,17,18);1-6,16H,(H,17,18);1-7,15H,14H2,(H,16,17);1-4,11-12H,(H,9,10);2-3H,1H3;1-2,10H;1-3,9H. The Morgan fingerprint density at radius 1 is 0.394 bits per heavy atom. The van der Waals surface area contributed by atoms with E-state index in [1.54, 1.807) is 54.6 Å². The summed E-state index contributed by atoms with van der Waals surface area (Å²) in [6, 6.07) is 43.6. The quantitative estimate of drug-likeness (QED) is 0.0158. The fraction of sp³-hybridized carbons (Fsp3) is 0.0303. The number of hydrogen-bond acceptors (Lipinski definition) is 21. The molecule has 104 heavy (non-hydrogen) atoms. The molecule has 10 aromatic carbocycles. The van der Waals surface area contributed by atoms with E-state index in [9.17, 15) is 69.8 Å². The van der Waals surface area contributed by atoms with Gasteiger partial charge in [-0.05, 0) is 167 Å². The number of carbonyl (C=O) groups is 4. The molecular weight excluding hydrogens is 1670 g/mol. The number of nitro benzene ring substituents is 4. The average Bonchev–Trinajstić information content (AvgIpc) is 0.806. The van der Waals surface area contributed by atoms with Crippen LogP contribution in [0.15, 0.2) is 195 Å². The number of rotatable bonds is 14. The van der Waals surface area contributed by atoms with Crippen molar-refractivity contribution in [2.45, 2.75) is 0 Å². The number of anilines is 1. The Morgan fingerprint density at radius 3 is 1.16 bits per heavy atom. The van der Waals surface area contributed by atoms with E-state index >= 15 is 0 Å². The summed E-state index contributed by atoms with van der Waals surface area (Å²) in [6.07, 6.45) is 0. The molecule has 0 aliphatic carbocycles. The Kier molecular flexibility index (Phi) is 33.0. The van der Waals surface area contributed by atoms with Gasteiger partial charge in [-0.2, -0.15) is 0 Å². The number of halogens is 8. The van der Waals surface area contributed by atoms with Crippen LogP contribution in [0.5, 0.6) is 34.5 Å². The number of aromatic carboxylic acids is 4. The van der Waals surface area contributed by atoms with Crippen LogP contribution in [0.3, 0.4) is 0 Å². The van der Waals surface area contributed by atoms with E-state index in [1.807, 2.05) is 0 Å². The largest absolute Gasteiger partial charge is 0.507 e. The predicted molar refractivity (Wildman–Crippen MR) is 398 cm³/mol. The minimum atomic E-state index is -1.62. The van der Waals surface area contributed by atoms with Crippen molar-refractivity contribution in [1.29, 1.82) is 0 Å². The fourth-order valence-electron chi connectivity index (χ4n) is 8.23. The van der Waals surface area contributed by atoms with E-state index in [0.717, 1.165) is 12.1 Å². The smallest absolute Gasteiger partial charge is 0.488 e. The zero-order valence-electron chi connectivity index (χ0n) is 52.5. The second-order valence-electron chi connectivity index (χ2n) is 19.9. The lowest BCUT2D eigenvalue weighted by Crippen LogP contribution is -2.30. The number of phenolic OH excluding ortho intramolecular Hbond substituents is 4. The van der Waals surface area contributed by atoms with E-state index in [1.165, 1.54) is 129 Å². The number of aromatic hydroxyl groups is 4. The summed E-state index contributed by atoms with van der Waals surface area (Å²) in [6.45, 7) is 0. The van der Waals surface area contributed by atoms with E-state index in [4.69, 9.17) is 114 Å². The fourth-order valence-corrected chi connectivity index (χ4v) is 11.1. The van der Waals surface area contributed by atoms with E-state index in [0.29, 0.717) is 46.8 Å². The molecule has 0 saturated heterocycles. The van der Waals surface area contributed by atoms with Crippen LogP contribution < -0.4 is 20.7 Å². The van der Waals surface area contributed by atoms with Crippen LogP contribution in [0.2, 0.25) is 25.1 Å². The van der Waals surface area contributed by atoms with Crippen LogP contribution in [0, 0.1) is 40.5 Å². The minimum Gasteiger partial charge on any atom is -0.507 e. The number of hydrogen-bond donors (Lipinski definition) is 11. The minimum absolute atomic E-state index is 0.00419. The van der Waals surface area contributed by atoms with Gasteiger partial charge in [0.1, 0.15) is 11.5 Å². The molecule has 10 rings (SSSR count). The number of nitrogens with zero attached hydrogens (tertiary/aromatic N) is 4. The van der Waals surface area contributed by atoms with Gasteiger partial charge < -0.3 is 66.1 Å². The Morgan fingerprint density at radius 2 is 0.750 bits per heavy atom. The van der Waals surface area contributed by atoms with Gasteiger partial charge in [0.15, 0.2) is 0 Å². The molecule has 0 spiro atoms. The van der Waals surface area contributed by atoms with Crippen molar-refractivity contribution in [3.8, 4) is 67.9 Å². The number of nitrogen functional groups attached to an aromatic ring is 1. The monoisotopic (exact) mass is 1720 g/mol. The van der Waals surface area contributed by atoms with Gasteiger partial charge in [0.05, 0.1) is 75.3 Å². The number of phenols is 4. The topological polar surface area (TPSA) is 488 Å². The first-order valence-electron chi connectivity index (χ1n) is 27.9. The first-order valence-corrected chi connectivity index (χ1v) is 32.2. The molecule has 0 saturated carbocycles. The Balaban J connectivity index is 0.000000261. The number of para-hydroxylation sites is 1. The molecule has 10 aromatic rings. The number of nitrogens with two attached hydrogens (primary N) is 1. The van der Waals surface area contributed by atoms with Crippen molar-refractivity contribution in [3.63, 3.8) is 0 Å². The maximum absolute atomic E-state index is 11.1. The highest BCUT2D eigenvalue weighted by Crippen LogP contribution is 2.43. The summed E-state index contributed by atoms with van der Waals surface area (Å²) in [4.78, 5) is 83.3. The lowest BCUT2D eigenvalue weighted by Gasteiger charge is -2.10. The second kappa shape index (κ2) is 40.1. The summed E-state index contributed by atoms with van der Waals surface area (Å²) in [5, 5.41) is 135.